The molecule has 5 heteroatoms. The largest absolute Gasteiger partial charge is 0.497 e. The van der Waals surface area contributed by atoms with Crippen molar-refractivity contribution in [1.29, 1.82) is 0 Å². The first-order valence-corrected chi connectivity index (χ1v) is 9.13. The van der Waals surface area contributed by atoms with Crippen molar-refractivity contribution < 1.29 is 13.9 Å². The fraction of sp³-hybridized carbons (Fsp3) is 0.318. The zero-order valence-corrected chi connectivity index (χ0v) is 15.8. The predicted octanol–water partition coefficient (Wildman–Crippen LogP) is 4.53. The Hall–Kier alpha value is -2.82. The Kier molecular flexibility index (Phi) is 5.79. The number of benzene rings is 1. The molecule has 0 unspecified atom stereocenters. The van der Waals surface area contributed by atoms with Gasteiger partial charge in [-0.15, -0.1) is 0 Å². The maximum atomic E-state index is 13.3. The number of rotatable bonds is 5. The first kappa shape index (κ1) is 19.0. The molecule has 27 heavy (non-hydrogen) atoms. The van der Waals surface area contributed by atoms with Crippen LogP contribution in [-0.2, 0) is 4.79 Å². The number of H-pyrrole nitrogens is 1. The maximum absolute atomic E-state index is 13.3. The SMILES string of the molecule is C=C/C(=C\c1[nH]cc(-c2ccc(OC)cc2)c1C)C(=O)N1CCC(F)CC1. The third-order valence-corrected chi connectivity index (χ3v) is 5.06. The van der Waals surface area contributed by atoms with Crippen LogP contribution in [-0.4, -0.2) is 42.2 Å². The van der Waals surface area contributed by atoms with Gasteiger partial charge in [0.1, 0.15) is 11.9 Å². The number of hydrogen-bond acceptors (Lipinski definition) is 2. The van der Waals surface area contributed by atoms with Crippen LogP contribution in [0.5, 0.6) is 5.75 Å². The van der Waals surface area contributed by atoms with Crippen molar-refractivity contribution in [2.45, 2.75) is 25.9 Å². The topological polar surface area (TPSA) is 45.3 Å². The summed E-state index contributed by atoms with van der Waals surface area (Å²) < 4.78 is 18.5. The van der Waals surface area contributed by atoms with Crippen LogP contribution in [0.2, 0.25) is 0 Å². The highest BCUT2D eigenvalue weighted by Gasteiger charge is 2.23. The van der Waals surface area contributed by atoms with Crippen molar-refractivity contribution >= 4 is 12.0 Å². The van der Waals surface area contributed by atoms with Gasteiger partial charge >= 0.3 is 0 Å². The first-order chi connectivity index (χ1) is 13.0. The molecule has 1 saturated heterocycles. The van der Waals surface area contributed by atoms with Gasteiger partial charge < -0.3 is 14.6 Å². The van der Waals surface area contributed by atoms with Crippen molar-refractivity contribution in [3.8, 4) is 16.9 Å². The monoisotopic (exact) mass is 368 g/mol. The number of nitrogens with one attached hydrogen (secondary N) is 1. The molecule has 0 saturated carbocycles. The molecule has 142 valence electrons. The molecule has 1 aliphatic heterocycles. The van der Waals surface area contributed by atoms with E-state index in [4.69, 9.17) is 4.74 Å². The predicted molar refractivity (Wildman–Crippen MR) is 106 cm³/mol. The van der Waals surface area contributed by atoms with Gasteiger partial charge in [-0.05, 0) is 49.1 Å². The molecule has 0 aliphatic carbocycles. The summed E-state index contributed by atoms with van der Waals surface area (Å²) in [5.41, 5.74) is 4.57. The van der Waals surface area contributed by atoms with Gasteiger partial charge in [0.05, 0.1) is 7.11 Å². The molecule has 0 spiro atoms. The van der Waals surface area contributed by atoms with E-state index in [1.165, 1.54) is 0 Å². The molecule has 1 N–H and O–H groups in total. The Morgan fingerprint density at radius 1 is 1.30 bits per heavy atom. The van der Waals surface area contributed by atoms with E-state index >= 15 is 0 Å². The second kappa shape index (κ2) is 8.25. The van der Waals surface area contributed by atoms with Gasteiger partial charge in [0, 0.05) is 36.1 Å². The van der Waals surface area contributed by atoms with E-state index in [1.807, 2.05) is 43.5 Å². The maximum Gasteiger partial charge on any atom is 0.253 e. The number of carbonyl (C=O) groups excluding carboxylic acids is 1. The van der Waals surface area contributed by atoms with Gasteiger partial charge in [0.2, 0.25) is 0 Å². The number of methoxy groups -OCH3 is 1. The summed E-state index contributed by atoms with van der Waals surface area (Å²) in [5, 5.41) is 0. The average molecular weight is 368 g/mol. The van der Waals surface area contributed by atoms with Crippen LogP contribution in [0.25, 0.3) is 17.2 Å². The summed E-state index contributed by atoms with van der Waals surface area (Å²) in [4.78, 5) is 17.7. The minimum atomic E-state index is -0.803. The van der Waals surface area contributed by atoms with Crippen LogP contribution in [0.4, 0.5) is 4.39 Å². The molecule has 2 heterocycles. The van der Waals surface area contributed by atoms with E-state index in [9.17, 15) is 9.18 Å². The number of aromatic amines is 1. The number of likely N-dealkylation sites (tertiary alicyclic amines) is 1. The number of nitrogens with zero attached hydrogens (tertiary/aromatic N) is 1. The van der Waals surface area contributed by atoms with E-state index < -0.39 is 6.17 Å². The highest BCUT2D eigenvalue weighted by Crippen LogP contribution is 2.28. The minimum absolute atomic E-state index is 0.100. The molecule has 1 fully saturated rings. The molecule has 1 aromatic heterocycles. The molecule has 1 aromatic carbocycles. The number of amides is 1. The van der Waals surface area contributed by atoms with E-state index in [1.54, 1.807) is 18.1 Å². The smallest absolute Gasteiger partial charge is 0.253 e. The Bertz CT molecular complexity index is 844. The van der Waals surface area contributed by atoms with Gasteiger partial charge in [0.15, 0.2) is 0 Å². The standard InChI is InChI=1S/C22H25FN2O2/c1-4-16(22(26)25-11-9-18(23)10-12-25)13-21-15(2)20(14-24-21)17-5-7-19(27-3)8-6-17/h4-8,13-14,18,24H,1,9-12H2,2-3H3/b16-13+. The van der Waals surface area contributed by atoms with Crippen LogP contribution in [0, 0.1) is 6.92 Å². The summed E-state index contributed by atoms with van der Waals surface area (Å²) in [6.45, 7) is 6.70. The lowest BCUT2D eigenvalue weighted by molar-refractivity contribution is -0.128. The molecule has 3 rings (SSSR count). The number of hydrogen-bond donors (Lipinski definition) is 1. The Morgan fingerprint density at radius 3 is 2.56 bits per heavy atom. The summed E-state index contributed by atoms with van der Waals surface area (Å²) in [7, 11) is 1.64. The van der Waals surface area contributed by atoms with Crippen molar-refractivity contribution in [2.24, 2.45) is 0 Å². The number of halogens is 1. The fourth-order valence-electron chi connectivity index (χ4n) is 3.33. The van der Waals surface area contributed by atoms with Crippen molar-refractivity contribution in [1.82, 2.24) is 9.88 Å². The molecular weight excluding hydrogens is 343 g/mol. The summed E-state index contributed by atoms with van der Waals surface area (Å²) >= 11 is 0. The Balaban J connectivity index is 1.83. The Morgan fingerprint density at radius 2 is 1.96 bits per heavy atom. The van der Waals surface area contributed by atoms with Crippen molar-refractivity contribution in [3.63, 3.8) is 0 Å². The zero-order chi connectivity index (χ0) is 19.4. The van der Waals surface area contributed by atoms with Crippen LogP contribution >= 0.6 is 0 Å². The van der Waals surface area contributed by atoms with Crippen LogP contribution in [0.1, 0.15) is 24.1 Å². The molecule has 1 amide bonds. The van der Waals surface area contributed by atoms with Gasteiger partial charge in [-0.25, -0.2) is 4.39 Å². The second-order valence-electron chi connectivity index (χ2n) is 6.74. The Labute approximate surface area is 159 Å². The van der Waals surface area contributed by atoms with Crippen LogP contribution in [0.3, 0.4) is 0 Å². The van der Waals surface area contributed by atoms with Crippen molar-refractivity contribution in [2.75, 3.05) is 20.2 Å². The normalized spacial score (nSPS) is 15.7. The fourth-order valence-corrected chi connectivity index (χ4v) is 3.33. The van der Waals surface area contributed by atoms with Gasteiger partial charge in [-0.3, -0.25) is 4.79 Å². The minimum Gasteiger partial charge on any atom is -0.497 e. The van der Waals surface area contributed by atoms with Crippen LogP contribution in [0.15, 0.2) is 48.7 Å². The summed E-state index contributed by atoms with van der Waals surface area (Å²) in [5.74, 6) is 0.709. The van der Waals surface area contributed by atoms with Crippen LogP contribution < -0.4 is 4.74 Å². The third kappa shape index (κ3) is 4.13. The molecular formula is C22H25FN2O2. The molecule has 2 aromatic rings. The number of ether oxygens (including phenoxy) is 1. The lowest BCUT2D eigenvalue weighted by atomic mass is 10.0. The lowest BCUT2D eigenvalue weighted by Gasteiger charge is -2.29. The number of alkyl halides is 1. The number of aromatic nitrogens is 1. The summed E-state index contributed by atoms with van der Waals surface area (Å²) in [6, 6.07) is 7.85. The van der Waals surface area contributed by atoms with E-state index in [0.29, 0.717) is 31.5 Å². The molecule has 0 atom stereocenters. The quantitative estimate of drug-likeness (QED) is 0.623. The van der Waals surface area contributed by atoms with Gasteiger partial charge in [0.25, 0.3) is 5.91 Å². The van der Waals surface area contributed by atoms with E-state index in [-0.39, 0.29) is 5.91 Å². The second-order valence-corrected chi connectivity index (χ2v) is 6.74. The number of piperidine rings is 1. The van der Waals surface area contributed by atoms with Crippen molar-refractivity contribution in [3.05, 3.63) is 59.9 Å². The third-order valence-electron chi connectivity index (χ3n) is 5.06. The molecule has 0 bridgehead atoms. The average Bonchev–Trinajstić information content (AvgIpc) is 3.06. The molecule has 4 nitrogen and oxygen atoms in total. The first-order valence-electron chi connectivity index (χ1n) is 9.13. The highest BCUT2D eigenvalue weighted by atomic mass is 19.1. The highest BCUT2D eigenvalue weighted by molar-refractivity contribution is 6.00. The van der Waals surface area contributed by atoms with E-state index in [2.05, 4.69) is 11.6 Å². The van der Waals surface area contributed by atoms with E-state index in [0.717, 1.165) is 28.1 Å². The molecule has 1 aliphatic rings. The van der Waals surface area contributed by atoms with Gasteiger partial charge in [-0.1, -0.05) is 24.8 Å². The molecule has 0 radical (unpaired) electrons. The summed E-state index contributed by atoms with van der Waals surface area (Å²) in [6.07, 6.45) is 5.32. The lowest BCUT2D eigenvalue weighted by Crippen LogP contribution is -2.39. The number of carbonyl (C=O) groups is 1. The zero-order valence-electron chi connectivity index (χ0n) is 15.8. The van der Waals surface area contributed by atoms with Gasteiger partial charge in [-0.2, -0.15) is 0 Å².